The molecule has 0 unspecified atom stereocenters. The number of hydrogen-bond acceptors (Lipinski definition) is 3. The Morgan fingerprint density at radius 2 is 1.61 bits per heavy atom. The van der Waals surface area contributed by atoms with Crippen LogP contribution in [0.4, 0.5) is 24.5 Å². The third kappa shape index (κ3) is 4.88. The molecule has 1 amide bonds. The van der Waals surface area contributed by atoms with Crippen LogP contribution in [0, 0.1) is 6.92 Å². The van der Waals surface area contributed by atoms with Gasteiger partial charge in [0.15, 0.2) is 0 Å². The van der Waals surface area contributed by atoms with E-state index in [1.54, 1.807) is 31.2 Å². The highest BCUT2D eigenvalue weighted by Gasteiger charge is 2.30. The van der Waals surface area contributed by atoms with E-state index in [1.165, 1.54) is 43.4 Å². The van der Waals surface area contributed by atoms with Crippen molar-refractivity contribution in [1.82, 2.24) is 0 Å². The Hall–Kier alpha value is -3.33. The normalized spacial score (nSPS) is 11.8. The SMILES string of the molecule is Cc1ccccc1N(C)S(=O)(=O)c1cccc(C(=O)Nc2cccc(C(F)(F)F)c2)c1. The Balaban J connectivity index is 1.88. The second-order valence-electron chi connectivity index (χ2n) is 6.82. The van der Waals surface area contributed by atoms with E-state index in [0.29, 0.717) is 5.69 Å². The smallest absolute Gasteiger partial charge is 0.322 e. The number of benzene rings is 3. The summed E-state index contributed by atoms with van der Waals surface area (Å²) in [5.74, 6) is -0.727. The monoisotopic (exact) mass is 448 g/mol. The van der Waals surface area contributed by atoms with E-state index in [0.717, 1.165) is 22.0 Å². The van der Waals surface area contributed by atoms with Crippen molar-refractivity contribution in [2.75, 3.05) is 16.7 Å². The van der Waals surface area contributed by atoms with Crippen LogP contribution < -0.4 is 9.62 Å². The van der Waals surface area contributed by atoms with Gasteiger partial charge in [0.25, 0.3) is 15.9 Å². The lowest BCUT2D eigenvalue weighted by Gasteiger charge is -2.21. The fraction of sp³-hybridized carbons (Fsp3) is 0.136. The van der Waals surface area contributed by atoms with Crippen LogP contribution in [0.5, 0.6) is 0 Å². The van der Waals surface area contributed by atoms with Gasteiger partial charge in [-0.05, 0) is 55.0 Å². The Kier molecular flexibility index (Phi) is 6.08. The highest BCUT2D eigenvalue weighted by Crippen LogP contribution is 2.31. The number of rotatable bonds is 5. The first-order valence-corrected chi connectivity index (χ1v) is 10.6. The third-order valence-electron chi connectivity index (χ3n) is 4.66. The molecule has 3 rings (SSSR count). The second-order valence-corrected chi connectivity index (χ2v) is 8.79. The van der Waals surface area contributed by atoms with Crippen LogP contribution >= 0.6 is 0 Å². The van der Waals surface area contributed by atoms with Gasteiger partial charge < -0.3 is 5.32 Å². The van der Waals surface area contributed by atoms with E-state index in [4.69, 9.17) is 0 Å². The molecule has 5 nitrogen and oxygen atoms in total. The van der Waals surface area contributed by atoms with Gasteiger partial charge in [0, 0.05) is 18.3 Å². The fourth-order valence-corrected chi connectivity index (χ4v) is 4.29. The van der Waals surface area contributed by atoms with E-state index >= 15 is 0 Å². The number of nitrogens with one attached hydrogen (secondary N) is 1. The first-order chi connectivity index (χ1) is 14.5. The number of para-hydroxylation sites is 1. The van der Waals surface area contributed by atoms with E-state index < -0.39 is 27.7 Å². The number of alkyl halides is 3. The Bertz CT molecular complexity index is 1220. The maximum atomic E-state index is 13.0. The molecule has 162 valence electrons. The summed E-state index contributed by atoms with van der Waals surface area (Å²) in [6, 6.07) is 16.5. The largest absolute Gasteiger partial charge is 0.416 e. The number of aryl methyl sites for hydroxylation is 1. The van der Waals surface area contributed by atoms with Gasteiger partial charge in [-0.25, -0.2) is 8.42 Å². The van der Waals surface area contributed by atoms with Crippen molar-refractivity contribution in [3.05, 3.63) is 89.5 Å². The average molecular weight is 448 g/mol. The highest BCUT2D eigenvalue weighted by molar-refractivity contribution is 7.92. The summed E-state index contributed by atoms with van der Waals surface area (Å²) in [6.45, 7) is 1.78. The molecule has 1 N–H and O–H groups in total. The zero-order chi connectivity index (χ0) is 22.8. The van der Waals surface area contributed by atoms with Gasteiger partial charge in [-0.1, -0.05) is 30.3 Å². The van der Waals surface area contributed by atoms with Gasteiger partial charge >= 0.3 is 6.18 Å². The summed E-state index contributed by atoms with van der Waals surface area (Å²) in [6.07, 6.45) is -4.55. The Labute approximate surface area is 178 Å². The van der Waals surface area contributed by atoms with Crippen molar-refractivity contribution in [2.24, 2.45) is 0 Å². The molecule has 0 spiro atoms. The number of nitrogens with zero attached hydrogens (tertiary/aromatic N) is 1. The minimum Gasteiger partial charge on any atom is -0.322 e. The molecular weight excluding hydrogens is 429 g/mol. The van der Waals surface area contributed by atoms with Crippen LogP contribution in [-0.2, 0) is 16.2 Å². The van der Waals surface area contributed by atoms with Crippen LogP contribution in [0.3, 0.4) is 0 Å². The molecule has 0 aliphatic carbocycles. The summed E-state index contributed by atoms with van der Waals surface area (Å²) in [5, 5.41) is 2.37. The molecule has 0 saturated heterocycles. The molecule has 0 bridgehead atoms. The Morgan fingerprint density at radius 3 is 2.29 bits per heavy atom. The molecule has 0 fully saturated rings. The number of hydrogen-bond donors (Lipinski definition) is 1. The van der Waals surface area contributed by atoms with E-state index in [1.807, 2.05) is 0 Å². The lowest BCUT2D eigenvalue weighted by atomic mass is 10.1. The molecule has 0 atom stereocenters. The zero-order valence-corrected chi connectivity index (χ0v) is 17.5. The van der Waals surface area contributed by atoms with Crippen molar-refractivity contribution in [3.8, 4) is 0 Å². The van der Waals surface area contributed by atoms with Gasteiger partial charge in [-0.3, -0.25) is 9.10 Å². The first-order valence-electron chi connectivity index (χ1n) is 9.13. The van der Waals surface area contributed by atoms with Crippen LogP contribution in [0.1, 0.15) is 21.5 Å². The van der Waals surface area contributed by atoms with Crippen molar-refractivity contribution in [2.45, 2.75) is 18.0 Å². The molecule has 3 aromatic carbocycles. The van der Waals surface area contributed by atoms with Crippen LogP contribution in [0.15, 0.2) is 77.7 Å². The number of halogens is 3. The van der Waals surface area contributed by atoms with Gasteiger partial charge in [0.1, 0.15) is 0 Å². The molecule has 0 aliphatic heterocycles. The molecule has 0 radical (unpaired) electrons. The predicted octanol–water partition coefficient (Wildman–Crippen LogP) is 5.09. The molecular formula is C22H19F3N2O3S. The van der Waals surface area contributed by atoms with Crippen LogP contribution in [0.2, 0.25) is 0 Å². The van der Waals surface area contributed by atoms with E-state index in [2.05, 4.69) is 5.32 Å². The minimum absolute atomic E-state index is 0.00308. The van der Waals surface area contributed by atoms with Crippen LogP contribution in [-0.4, -0.2) is 21.4 Å². The number of anilines is 2. The number of carbonyl (C=O) groups is 1. The van der Waals surface area contributed by atoms with Crippen molar-refractivity contribution >= 4 is 27.3 Å². The first kappa shape index (κ1) is 22.4. The lowest BCUT2D eigenvalue weighted by molar-refractivity contribution is -0.137. The summed E-state index contributed by atoms with van der Waals surface area (Å²) in [4.78, 5) is 12.4. The molecule has 9 heteroatoms. The quantitative estimate of drug-likeness (QED) is 0.591. The summed E-state index contributed by atoms with van der Waals surface area (Å²) < 4.78 is 65.8. The molecule has 31 heavy (non-hydrogen) atoms. The standard InChI is InChI=1S/C22H19F3N2O3S/c1-15-7-3-4-12-20(15)27(2)31(29,30)19-11-5-8-16(13-19)21(28)26-18-10-6-9-17(14-18)22(23,24)25/h3-14H,1-2H3,(H,26,28). The average Bonchev–Trinajstić information content (AvgIpc) is 2.73. The summed E-state index contributed by atoms with van der Waals surface area (Å²) in [5.41, 5.74) is 0.289. The summed E-state index contributed by atoms with van der Waals surface area (Å²) in [7, 11) is -2.56. The molecule has 0 saturated carbocycles. The maximum absolute atomic E-state index is 13.0. The topological polar surface area (TPSA) is 66.5 Å². The summed E-state index contributed by atoms with van der Waals surface area (Å²) >= 11 is 0. The lowest BCUT2D eigenvalue weighted by Crippen LogP contribution is -2.27. The molecule has 0 aromatic heterocycles. The highest BCUT2D eigenvalue weighted by atomic mass is 32.2. The van der Waals surface area contributed by atoms with Crippen molar-refractivity contribution in [3.63, 3.8) is 0 Å². The van der Waals surface area contributed by atoms with Gasteiger partial charge in [0.05, 0.1) is 16.1 Å². The van der Waals surface area contributed by atoms with Crippen molar-refractivity contribution < 1.29 is 26.4 Å². The second kappa shape index (κ2) is 8.43. The number of carbonyl (C=O) groups excluding carboxylic acids is 1. The number of sulfonamides is 1. The predicted molar refractivity (Wildman–Crippen MR) is 113 cm³/mol. The minimum atomic E-state index is -4.55. The maximum Gasteiger partial charge on any atom is 0.416 e. The van der Waals surface area contributed by atoms with Gasteiger partial charge in [0.2, 0.25) is 0 Å². The number of amides is 1. The van der Waals surface area contributed by atoms with Gasteiger partial charge in [-0.2, -0.15) is 13.2 Å². The van der Waals surface area contributed by atoms with Crippen LogP contribution in [0.25, 0.3) is 0 Å². The molecule has 0 heterocycles. The zero-order valence-electron chi connectivity index (χ0n) is 16.6. The van der Waals surface area contributed by atoms with E-state index in [9.17, 15) is 26.4 Å². The molecule has 0 aliphatic rings. The third-order valence-corrected chi connectivity index (χ3v) is 6.42. The van der Waals surface area contributed by atoms with Gasteiger partial charge in [-0.15, -0.1) is 0 Å². The molecule has 3 aromatic rings. The fourth-order valence-electron chi connectivity index (χ4n) is 2.98. The Morgan fingerprint density at radius 1 is 0.935 bits per heavy atom. The van der Waals surface area contributed by atoms with Crippen molar-refractivity contribution in [1.29, 1.82) is 0 Å². The van der Waals surface area contributed by atoms with E-state index in [-0.39, 0.29) is 16.1 Å².